The van der Waals surface area contributed by atoms with Gasteiger partial charge < -0.3 is 15.5 Å². The van der Waals surface area contributed by atoms with Gasteiger partial charge in [-0.15, -0.1) is 27.7 Å². The van der Waals surface area contributed by atoms with Crippen LogP contribution in [0.3, 0.4) is 0 Å². The maximum atomic E-state index is 14.0. The largest absolute Gasteiger partial charge is 0.353 e. The number of likely N-dealkylation sites (tertiary alicyclic amines) is 1. The highest BCUT2D eigenvalue weighted by Gasteiger charge is 2.48. The van der Waals surface area contributed by atoms with Crippen LogP contribution >= 0.6 is 27.7 Å². The van der Waals surface area contributed by atoms with E-state index in [4.69, 9.17) is 0 Å². The summed E-state index contributed by atoms with van der Waals surface area (Å²) in [5.41, 5.74) is 3.94. The van der Waals surface area contributed by atoms with Crippen LogP contribution in [0.25, 0.3) is 11.1 Å². The number of hydrogen-bond donors (Lipinski definition) is 2. The van der Waals surface area contributed by atoms with E-state index in [9.17, 15) is 9.59 Å². The fourth-order valence-corrected chi connectivity index (χ4v) is 6.66. The zero-order valence-electron chi connectivity index (χ0n) is 22.3. The number of piperidine rings is 1. The number of nitrogens with zero attached hydrogens (tertiary/aromatic N) is 1. The molecule has 0 aromatic heterocycles. The fourth-order valence-electron chi connectivity index (χ4n) is 6.35. The minimum atomic E-state index is -0.669. The Balaban J connectivity index is 1.22. The maximum Gasteiger partial charge on any atom is 0.235 e. The molecule has 8 heteroatoms. The Morgan fingerprint density at radius 3 is 2.05 bits per heavy atom. The molecule has 2 aliphatic carbocycles. The number of carbonyl (C=O) groups is 2. The molecule has 2 aromatic rings. The highest BCUT2D eigenvalue weighted by Crippen LogP contribution is 2.51. The number of amides is 2. The van der Waals surface area contributed by atoms with Gasteiger partial charge in [0.2, 0.25) is 11.8 Å². The summed E-state index contributed by atoms with van der Waals surface area (Å²) in [6.45, 7) is 3.65. The first-order chi connectivity index (χ1) is 18.3. The maximum absolute atomic E-state index is 14.0. The first kappa shape index (κ1) is 28.2. The summed E-state index contributed by atoms with van der Waals surface area (Å²) < 4.78 is -0.224. The molecule has 0 bridgehead atoms. The summed E-state index contributed by atoms with van der Waals surface area (Å²) in [5.74, 6) is 0.635. The summed E-state index contributed by atoms with van der Waals surface area (Å²) in [6, 6.07) is 17.2. The fraction of sp³-hybridized carbons (Fsp3) is 0.533. The Kier molecular flexibility index (Phi) is 8.91. The van der Waals surface area contributed by atoms with Gasteiger partial charge in [0.25, 0.3) is 0 Å². The highest BCUT2D eigenvalue weighted by atomic mass is 31.1. The van der Waals surface area contributed by atoms with Gasteiger partial charge in [-0.2, -0.15) is 0 Å². The molecule has 5 nitrogen and oxygen atoms in total. The summed E-state index contributed by atoms with van der Waals surface area (Å²) >= 11 is 0. The first-order valence-corrected chi connectivity index (χ1v) is 15.9. The Hall–Kier alpha value is -1.37. The molecular formula is C30H42N3O2P3. The van der Waals surface area contributed by atoms with Crippen LogP contribution in [-0.2, 0) is 15.0 Å². The molecule has 1 aliphatic heterocycles. The van der Waals surface area contributed by atoms with Crippen molar-refractivity contribution >= 4 is 39.5 Å². The van der Waals surface area contributed by atoms with Gasteiger partial charge in [0.05, 0.1) is 0 Å². The number of fused-ring (bicyclic) bond motifs is 3. The molecule has 204 valence electrons. The number of carbonyl (C=O) groups excluding carboxylic acids is 2. The standard InChI is InChI=1S/C30H42N3O2P3/c34-27(21-8-7-9-21)32-22-14-18-33(19-15-22)17-6-5-16-29(28(35)31-20-30(36,37)38)25-12-3-1-10-23(25)24-11-2-4-13-26(24)29/h1-4,10-13,21-22H,5-9,14-20,36-38H2,(H,31,35)(H,32,34). The smallest absolute Gasteiger partial charge is 0.235 e. The minimum Gasteiger partial charge on any atom is -0.353 e. The van der Waals surface area contributed by atoms with Crippen LogP contribution in [0.4, 0.5) is 0 Å². The average molecular weight is 570 g/mol. The molecule has 2 amide bonds. The normalized spacial score (nSPS) is 19.3. The van der Waals surface area contributed by atoms with Crippen molar-refractivity contribution in [2.24, 2.45) is 5.92 Å². The molecule has 0 spiro atoms. The lowest BCUT2D eigenvalue weighted by Gasteiger charge is -2.35. The predicted molar refractivity (Wildman–Crippen MR) is 166 cm³/mol. The van der Waals surface area contributed by atoms with Crippen molar-refractivity contribution in [3.8, 4) is 11.1 Å². The second-order valence-electron chi connectivity index (χ2n) is 11.5. The Labute approximate surface area is 234 Å². The number of nitrogens with one attached hydrogen (secondary N) is 2. The van der Waals surface area contributed by atoms with Gasteiger partial charge in [-0.3, -0.25) is 9.59 Å². The molecule has 1 heterocycles. The van der Waals surface area contributed by atoms with Crippen molar-refractivity contribution in [3.63, 3.8) is 0 Å². The lowest BCUT2D eigenvalue weighted by Crippen LogP contribution is -2.47. The number of rotatable bonds is 10. The minimum absolute atomic E-state index is 0.0923. The van der Waals surface area contributed by atoms with Crippen molar-refractivity contribution in [3.05, 3.63) is 59.7 Å². The quantitative estimate of drug-likeness (QED) is 0.316. The lowest BCUT2D eigenvalue weighted by atomic mass is 9.73. The van der Waals surface area contributed by atoms with Gasteiger partial charge in [-0.1, -0.05) is 61.4 Å². The summed E-state index contributed by atoms with van der Waals surface area (Å²) in [5, 5.41) is 6.56. The van der Waals surface area contributed by atoms with Crippen LogP contribution in [0.2, 0.25) is 0 Å². The number of benzene rings is 2. The van der Waals surface area contributed by atoms with Crippen LogP contribution in [-0.4, -0.2) is 53.6 Å². The third-order valence-corrected chi connectivity index (χ3v) is 9.31. The predicted octanol–water partition coefficient (Wildman–Crippen LogP) is 4.90. The first-order valence-electron chi connectivity index (χ1n) is 14.1. The van der Waals surface area contributed by atoms with Crippen LogP contribution in [0.15, 0.2) is 48.5 Å². The molecule has 3 aliphatic rings. The monoisotopic (exact) mass is 569 g/mol. The van der Waals surface area contributed by atoms with Gasteiger partial charge in [-0.05, 0) is 67.3 Å². The van der Waals surface area contributed by atoms with E-state index in [1.54, 1.807) is 0 Å². The van der Waals surface area contributed by atoms with Crippen molar-refractivity contribution in [1.82, 2.24) is 15.5 Å². The molecule has 5 rings (SSSR count). The van der Waals surface area contributed by atoms with E-state index in [2.05, 4.69) is 91.8 Å². The van der Waals surface area contributed by atoms with Crippen LogP contribution in [0.5, 0.6) is 0 Å². The van der Waals surface area contributed by atoms with Gasteiger partial charge >= 0.3 is 0 Å². The van der Waals surface area contributed by atoms with E-state index in [0.717, 1.165) is 75.7 Å². The summed E-state index contributed by atoms with van der Waals surface area (Å²) in [7, 11) is 8.31. The molecule has 38 heavy (non-hydrogen) atoms. The van der Waals surface area contributed by atoms with Crippen molar-refractivity contribution in [1.29, 1.82) is 0 Å². The van der Waals surface area contributed by atoms with Gasteiger partial charge in [0, 0.05) is 36.2 Å². The lowest BCUT2D eigenvalue weighted by molar-refractivity contribution is -0.128. The Bertz CT molecular complexity index is 1110. The summed E-state index contributed by atoms with van der Waals surface area (Å²) in [4.78, 5) is 28.9. The van der Waals surface area contributed by atoms with Crippen molar-refractivity contribution < 1.29 is 9.59 Å². The van der Waals surface area contributed by atoms with Gasteiger partial charge in [-0.25, -0.2) is 0 Å². The highest BCUT2D eigenvalue weighted by molar-refractivity contribution is 7.57. The van der Waals surface area contributed by atoms with Crippen LogP contribution in [0, 0.1) is 5.92 Å². The Morgan fingerprint density at radius 2 is 1.50 bits per heavy atom. The molecule has 2 fully saturated rings. The molecule has 2 N–H and O–H groups in total. The van der Waals surface area contributed by atoms with E-state index in [1.807, 2.05) is 0 Å². The van der Waals surface area contributed by atoms with Gasteiger partial charge in [0.15, 0.2) is 0 Å². The van der Waals surface area contributed by atoms with E-state index in [-0.39, 0.29) is 22.4 Å². The third-order valence-electron chi connectivity index (χ3n) is 8.69. The zero-order chi connectivity index (χ0) is 26.8. The second-order valence-corrected chi connectivity index (χ2v) is 16.7. The molecule has 1 saturated heterocycles. The van der Waals surface area contributed by atoms with Crippen LogP contribution in [0.1, 0.15) is 62.5 Å². The number of unbranched alkanes of at least 4 members (excludes halogenated alkanes) is 1. The molecule has 2 aromatic carbocycles. The second kappa shape index (κ2) is 12.0. The van der Waals surface area contributed by atoms with Gasteiger partial charge in [0.1, 0.15) is 5.41 Å². The molecule has 3 atom stereocenters. The number of hydrogen-bond acceptors (Lipinski definition) is 3. The Morgan fingerprint density at radius 1 is 0.895 bits per heavy atom. The SMILES string of the molecule is O=C(NC1CCN(CCCCC2(C(=O)NCC(P)(P)P)c3ccccc3-c3ccccc32)CC1)C1CCC1. The van der Waals surface area contributed by atoms with E-state index in [1.165, 1.54) is 17.5 Å². The molecule has 1 saturated carbocycles. The van der Waals surface area contributed by atoms with E-state index >= 15 is 0 Å². The van der Waals surface area contributed by atoms with E-state index < -0.39 is 5.41 Å². The van der Waals surface area contributed by atoms with Crippen LogP contribution < -0.4 is 10.6 Å². The average Bonchev–Trinajstić information content (AvgIpc) is 3.15. The van der Waals surface area contributed by atoms with Crippen molar-refractivity contribution in [2.75, 3.05) is 26.2 Å². The topological polar surface area (TPSA) is 61.4 Å². The third kappa shape index (κ3) is 6.02. The summed E-state index contributed by atoms with van der Waals surface area (Å²) in [6.07, 6.45) is 8.21. The molecular weight excluding hydrogens is 527 g/mol. The zero-order valence-corrected chi connectivity index (χ0v) is 25.7. The molecule has 0 radical (unpaired) electrons. The van der Waals surface area contributed by atoms with Crippen molar-refractivity contribution in [2.45, 2.75) is 67.5 Å². The van der Waals surface area contributed by atoms with E-state index in [0.29, 0.717) is 12.6 Å². The molecule has 3 unspecified atom stereocenters.